The number of carbonyl (C=O) groups is 2. The Morgan fingerprint density at radius 3 is 2.11 bits per heavy atom. The Labute approximate surface area is 51.4 Å². The summed E-state index contributed by atoms with van der Waals surface area (Å²) in [6, 6.07) is 0. The summed E-state index contributed by atoms with van der Waals surface area (Å²) in [5, 5.41) is 16.7. The minimum Gasteiger partial charge on any atom is -0.479 e. The van der Waals surface area contributed by atoms with E-state index in [-0.39, 0.29) is 6.29 Å². The molecule has 0 heterocycles. The molecule has 0 aliphatic carbocycles. The van der Waals surface area contributed by atoms with Crippen LogP contribution in [0.15, 0.2) is 12.7 Å². The highest BCUT2D eigenvalue weighted by Gasteiger charge is 2.31. The fourth-order valence-corrected chi connectivity index (χ4v) is 0.186. The molecule has 0 saturated heterocycles. The van der Waals surface area contributed by atoms with Gasteiger partial charge in [0.1, 0.15) is 0 Å². The van der Waals surface area contributed by atoms with Gasteiger partial charge in [-0.3, -0.25) is 4.79 Å². The third-order valence-corrected chi connectivity index (χ3v) is 0.833. The Bertz CT molecular complexity index is 141. The molecule has 0 spiro atoms. The molecular weight excluding hydrogens is 124 g/mol. The maximum atomic E-state index is 9.93. The molecule has 50 valence electrons. The second-order valence-electron chi connectivity index (χ2n) is 1.45. The summed E-state index contributed by atoms with van der Waals surface area (Å²) in [6.07, 6.45) is 0.560. The Kier molecular flexibility index (Phi) is 2.10. The summed E-state index contributed by atoms with van der Waals surface area (Å²) in [5.41, 5.74) is -2.42. The maximum Gasteiger partial charge on any atom is 0.347 e. The minimum atomic E-state index is -2.42. The van der Waals surface area contributed by atoms with E-state index in [1.807, 2.05) is 0 Å². The first-order valence-electron chi connectivity index (χ1n) is 2.12. The van der Waals surface area contributed by atoms with Gasteiger partial charge in [-0.05, 0) is 6.08 Å². The highest BCUT2D eigenvalue weighted by atomic mass is 16.4. The van der Waals surface area contributed by atoms with Crippen molar-refractivity contribution in [2.75, 3.05) is 0 Å². The quantitative estimate of drug-likeness (QED) is 0.297. The normalized spacial score (nSPS) is 15.7. The highest BCUT2D eigenvalue weighted by Crippen LogP contribution is 1.99. The molecule has 0 rings (SSSR count). The summed E-state index contributed by atoms with van der Waals surface area (Å²) in [7, 11) is 0. The third kappa shape index (κ3) is 1.36. The van der Waals surface area contributed by atoms with Crippen LogP contribution in [-0.4, -0.2) is 28.1 Å². The Hall–Kier alpha value is -1.16. The fourth-order valence-electron chi connectivity index (χ4n) is 0.186. The number of rotatable bonds is 3. The van der Waals surface area contributed by atoms with Gasteiger partial charge in [-0.1, -0.05) is 6.58 Å². The molecule has 0 aromatic heterocycles. The number of carbonyl (C=O) groups excluding carboxylic acids is 1. The second-order valence-corrected chi connectivity index (χ2v) is 1.45. The molecular formula is C5H6O4. The number of aldehydes is 1. The highest BCUT2D eigenvalue weighted by molar-refractivity contribution is 5.97. The number of aliphatic hydroxyl groups is 1. The zero-order chi connectivity index (χ0) is 7.49. The lowest BCUT2D eigenvalue weighted by atomic mass is 10.1. The van der Waals surface area contributed by atoms with E-state index in [0.29, 0.717) is 6.08 Å². The van der Waals surface area contributed by atoms with Crippen LogP contribution in [0.5, 0.6) is 0 Å². The zero-order valence-corrected chi connectivity index (χ0v) is 4.57. The topological polar surface area (TPSA) is 74.6 Å². The largest absolute Gasteiger partial charge is 0.479 e. The van der Waals surface area contributed by atoms with Gasteiger partial charge in [0.05, 0.1) is 0 Å². The number of hydrogen-bond donors (Lipinski definition) is 2. The smallest absolute Gasteiger partial charge is 0.347 e. The van der Waals surface area contributed by atoms with Gasteiger partial charge in [0.2, 0.25) is 5.60 Å². The number of carboxylic acids is 1. The van der Waals surface area contributed by atoms with Crippen LogP contribution in [0.2, 0.25) is 0 Å². The third-order valence-electron chi connectivity index (χ3n) is 0.833. The predicted molar refractivity (Wildman–Crippen MR) is 28.8 cm³/mol. The van der Waals surface area contributed by atoms with Gasteiger partial charge in [0.25, 0.3) is 0 Å². The van der Waals surface area contributed by atoms with Crippen LogP contribution >= 0.6 is 0 Å². The second kappa shape index (κ2) is 2.41. The first-order chi connectivity index (χ1) is 4.06. The molecule has 0 aliphatic rings. The lowest BCUT2D eigenvalue weighted by molar-refractivity contribution is -0.155. The van der Waals surface area contributed by atoms with Crippen molar-refractivity contribution >= 4 is 12.3 Å². The predicted octanol–water partition coefficient (Wildman–Crippen LogP) is -0.813. The molecule has 0 radical (unpaired) electrons. The monoisotopic (exact) mass is 130 g/mol. The SMILES string of the molecule is C=CC(O)(C=O)C(=O)O. The molecule has 4 nitrogen and oxygen atoms in total. The first kappa shape index (κ1) is 7.84. The zero-order valence-electron chi connectivity index (χ0n) is 4.57. The van der Waals surface area contributed by atoms with Crippen molar-refractivity contribution in [2.24, 2.45) is 0 Å². The van der Waals surface area contributed by atoms with Crippen molar-refractivity contribution in [1.29, 1.82) is 0 Å². The standard InChI is InChI=1S/C5H6O4/c1-2-5(9,3-6)4(7)8/h2-3,9H,1H2,(H,7,8). The molecule has 4 heteroatoms. The van der Waals surface area contributed by atoms with E-state index < -0.39 is 11.6 Å². The number of hydrogen-bond acceptors (Lipinski definition) is 3. The average molecular weight is 130 g/mol. The van der Waals surface area contributed by atoms with Crippen LogP contribution < -0.4 is 0 Å². The van der Waals surface area contributed by atoms with Gasteiger partial charge >= 0.3 is 5.97 Å². The van der Waals surface area contributed by atoms with Crippen molar-refractivity contribution in [3.8, 4) is 0 Å². The molecule has 0 aromatic rings. The van der Waals surface area contributed by atoms with Crippen LogP contribution in [0.25, 0.3) is 0 Å². The van der Waals surface area contributed by atoms with E-state index in [0.717, 1.165) is 0 Å². The molecule has 0 aromatic carbocycles. The maximum absolute atomic E-state index is 9.93. The number of carboxylic acid groups (broad SMARTS) is 1. The van der Waals surface area contributed by atoms with Gasteiger partial charge in [-0.2, -0.15) is 0 Å². The molecule has 1 atom stereocenters. The van der Waals surface area contributed by atoms with Crippen molar-refractivity contribution in [2.45, 2.75) is 5.60 Å². The van der Waals surface area contributed by atoms with Crippen LogP contribution in [0, 0.1) is 0 Å². The Morgan fingerprint density at radius 1 is 1.67 bits per heavy atom. The van der Waals surface area contributed by atoms with E-state index in [9.17, 15) is 9.59 Å². The molecule has 0 amide bonds. The van der Waals surface area contributed by atoms with E-state index in [1.165, 1.54) is 0 Å². The van der Waals surface area contributed by atoms with Crippen LogP contribution in [0.4, 0.5) is 0 Å². The fraction of sp³-hybridized carbons (Fsp3) is 0.200. The van der Waals surface area contributed by atoms with Gasteiger partial charge in [-0.15, -0.1) is 0 Å². The molecule has 0 saturated carbocycles. The van der Waals surface area contributed by atoms with Crippen molar-refractivity contribution in [1.82, 2.24) is 0 Å². The van der Waals surface area contributed by atoms with Crippen molar-refractivity contribution in [3.05, 3.63) is 12.7 Å². The molecule has 0 bridgehead atoms. The van der Waals surface area contributed by atoms with Crippen LogP contribution in [0.3, 0.4) is 0 Å². The summed E-state index contributed by atoms with van der Waals surface area (Å²) >= 11 is 0. The summed E-state index contributed by atoms with van der Waals surface area (Å²) in [6.45, 7) is 2.96. The van der Waals surface area contributed by atoms with Crippen molar-refractivity contribution < 1.29 is 19.8 Å². The van der Waals surface area contributed by atoms with E-state index in [1.54, 1.807) is 0 Å². The summed E-state index contributed by atoms with van der Waals surface area (Å²) in [4.78, 5) is 19.7. The lowest BCUT2D eigenvalue weighted by Crippen LogP contribution is -2.37. The van der Waals surface area contributed by atoms with Crippen LogP contribution in [-0.2, 0) is 9.59 Å². The molecule has 9 heavy (non-hydrogen) atoms. The summed E-state index contributed by atoms with van der Waals surface area (Å²) < 4.78 is 0. The Balaban J connectivity index is 4.46. The van der Waals surface area contributed by atoms with Gasteiger partial charge in [0, 0.05) is 0 Å². The van der Waals surface area contributed by atoms with E-state index in [2.05, 4.69) is 6.58 Å². The molecule has 1 unspecified atom stereocenters. The molecule has 0 fully saturated rings. The number of aliphatic carboxylic acids is 1. The van der Waals surface area contributed by atoms with E-state index in [4.69, 9.17) is 10.2 Å². The molecule has 2 N–H and O–H groups in total. The van der Waals surface area contributed by atoms with Crippen molar-refractivity contribution in [3.63, 3.8) is 0 Å². The van der Waals surface area contributed by atoms with E-state index >= 15 is 0 Å². The first-order valence-corrected chi connectivity index (χ1v) is 2.12. The average Bonchev–Trinajstić information content (AvgIpc) is 1.86. The van der Waals surface area contributed by atoms with Gasteiger partial charge < -0.3 is 10.2 Å². The minimum absolute atomic E-state index is 0.0949. The van der Waals surface area contributed by atoms with Gasteiger partial charge in [-0.25, -0.2) is 4.79 Å². The van der Waals surface area contributed by atoms with Crippen LogP contribution in [0.1, 0.15) is 0 Å². The lowest BCUT2D eigenvalue weighted by Gasteiger charge is -2.08. The summed E-state index contributed by atoms with van der Waals surface area (Å²) in [5.74, 6) is -1.62. The molecule has 0 aliphatic heterocycles. The van der Waals surface area contributed by atoms with Gasteiger partial charge in [0.15, 0.2) is 6.29 Å². The Morgan fingerprint density at radius 2 is 2.11 bits per heavy atom.